The third-order valence-electron chi connectivity index (χ3n) is 3.10. The number of hydrogen-bond donors (Lipinski definition) is 2. The minimum Gasteiger partial charge on any atom is -0.481 e. The van der Waals surface area contributed by atoms with E-state index in [1.54, 1.807) is 24.3 Å². The number of benzene rings is 2. The van der Waals surface area contributed by atoms with Gasteiger partial charge in [0.25, 0.3) is 0 Å². The van der Waals surface area contributed by atoms with Crippen molar-refractivity contribution in [1.82, 2.24) is 4.72 Å². The van der Waals surface area contributed by atoms with Gasteiger partial charge in [0.15, 0.2) is 0 Å². The molecular formula is C15H12Cl3NO4S. The highest BCUT2D eigenvalue weighted by molar-refractivity contribution is 7.89. The molecule has 1 atom stereocenters. The number of rotatable bonds is 6. The SMILES string of the molecule is O=C(O)C[C@H](NS(=O)(=O)c1cc(Cl)cc(Cl)c1)c1ccccc1Cl. The molecule has 0 saturated heterocycles. The van der Waals surface area contributed by atoms with Gasteiger partial charge in [0, 0.05) is 15.1 Å². The first-order chi connectivity index (χ1) is 11.2. The van der Waals surface area contributed by atoms with Crippen LogP contribution in [0.2, 0.25) is 15.1 Å². The van der Waals surface area contributed by atoms with Crippen LogP contribution in [0.4, 0.5) is 0 Å². The zero-order valence-electron chi connectivity index (χ0n) is 12.0. The standard InChI is InChI=1S/C15H12Cl3NO4S/c16-9-5-10(17)7-11(6-9)24(22,23)19-14(8-15(20)21)12-3-1-2-4-13(12)18/h1-7,14,19H,8H2,(H,20,21)/t14-/m0/s1. The molecule has 0 saturated carbocycles. The topological polar surface area (TPSA) is 83.5 Å². The van der Waals surface area contributed by atoms with E-state index in [4.69, 9.17) is 39.9 Å². The molecule has 0 heterocycles. The first-order valence-corrected chi connectivity index (χ1v) is 9.25. The van der Waals surface area contributed by atoms with Crippen molar-refractivity contribution in [3.05, 3.63) is 63.1 Å². The predicted octanol–water partition coefficient (Wildman–Crippen LogP) is 4.14. The van der Waals surface area contributed by atoms with Gasteiger partial charge in [-0.2, -0.15) is 0 Å². The fourth-order valence-electron chi connectivity index (χ4n) is 2.09. The Morgan fingerprint density at radius 2 is 1.67 bits per heavy atom. The second kappa shape index (κ2) is 7.72. The number of hydrogen-bond acceptors (Lipinski definition) is 3. The summed E-state index contributed by atoms with van der Waals surface area (Å²) in [7, 11) is -4.06. The van der Waals surface area contributed by atoms with Crippen LogP contribution in [0.1, 0.15) is 18.0 Å². The molecule has 0 aromatic heterocycles. The van der Waals surface area contributed by atoms with Crippen LogP contribution in [0.3, 0.4) is 0 Å². The minimum absolute atomic E-state index is 0.149. The van der Waals surface area contributed by atoms with Crippen molar-refractivity contribution < 1.29 is 18.3 Å². The molecule has 0 radical (unpaired) electrons. The van der Waals surface area contributed by atoms with Crippen molar-refractivity contribution in [1.29, 1.82) is 0 Å². The molecule has 24 heavy (non-hydrogen) atoms. The smallest absolute Gasteiger partial charge is 0.305 e. The fraction of sp³-hybridized carbons (Fsp3) is 0.133. The molecule has 0 unspecified atom stereocenters. The second-order valence-corrected chi connectivity index (χ2v) is 7.89. The first kappa shape index (κ1) is 19.0. The summed E-state index contributed by atoms with van der Waals surface area (Å²) in [6.45, 7) is 0. The molecule has 0 aliphatic rings. The van der Waals surface area contributed by atoms with E-state index in [9.17, 15) is 13.2 Å². The lowest BCUT2D eigenvalue weighted by Gasteiger charge is -2.19. The van der Waals surface area contributed by atoms with Gasteiger partial charge in [-0.1, -0.05) is 53.0 Å². The van der Waals surface area contributed by atoms with Crippen LogP contribution in [0.5, 0.6) is 0 Å². The highest BCUT2D eigenvalue weighted by atomic mass is 35.5. The van der Waals surface area contributed by atoms with Crippen molar-refractivity contribution in [2.75, 3.05) is 0 Å². The van der Waals surface area contributed by atoms with Crippen LogP contribution in [-0.2, 0) is 14.8 Å². The van der Waals surface area contributed by atoms with E-state index in [0.717, 1.165) is 0 Å². The van der Waals surface area contributed by atoms with Crippen LogP contribution < -0.4 is 4.72 Å². The molecule has 2 aromatic rings. The number of carbonyl (C=O) groups is 1. The van der Waals surface area contributed by atoms with Gasteiger partial charge in [0.2, 0.25) is 10.0 Å². The summed E-state index contributed by atoms with van der Waals surface area (Å²) in [5.41, 5.74) is 0.360. The number of sulfonamides is 1. The van der Waals surface area contributed by atoms with Gasteiger partial charge in [0.05, 0.1) is 17.4 Å². The summed E-state index contributed by atoms with van der Waals surface area (Å²) in [5, 5.41) is 9.63. The fourth-order valence-corrected chi connectivity index (χ4v) is 4.29. The summed E-state index contributed by atoms with van der Waals surface area (Å²) in [6.07, 6.45) is -0.475. The third-order valence-corrected chi connectivity index (χ3v) is 5.33. The maximum atomic E-state index is 12.5. The average Bonchev–Trinajstić information content (AvgIpc) is 2.45. The molecule has 0 aliphatic heterocycles. The summed E-state index contributed by atoms with van der Waals surface area (Å²) in [6, 6.07) is 9.21. The molecular weight excluding hydrogens is 397 g/mol. The van der Waals surface area contributed by atoms with E-state index in [0.29, 0.717) is 5.56 Å². The molecule has 9 heteroatoms. The highest BCUT2D eigenvalue weighted by Crippen LogP contribution is 2.28. The summed E-state index contributed by atoms with van der Waals surface area (Å²) in [5.74, 6) is -1.17. The van der Waals surface area contributed by atoms with Gasteiger partial charge in [-0.05, 0) is 29.8 Å². The molecule has 0 aliphatic carbocycles. The molecule has 0 bridgehead atoms. The van der Waals surface area contributed by atoms with E-state index in [1.165, 1.54) is 18.2 Å². The first-order valence-electron chi connectivity index (χ1n) is 6.63. The Bertz CT molecular complexity index is 851. The van der Waals surface area contributed by atoms with E-state index < -0.39 is 28.5 Å². The Morgan fingerprint density at radius 3 is 2.21 bits per heavy atom. The number of carboxylic acids is 1. The molecule has 128 valence electrons. The van der Waals surface area contributed by atoms with Crippen LogP contribution in [-0.4, -0.2) is 19.5 Å². The Balaban J connectivity index is 2.41. The number of carboxylic acid groups (broad SMARTS) is 1. The summed E-state index contributed by atoms with van der Waals surface area (Å²) < 4.78 is 27.4. The molecule has 2 N–H and O–H groups in total. The quantitative estimate of drug-likeness (QED) is 0.752. The highest BCUT2D eigenvalue weighted by Gasteiger charge is 2.25. The van der Waals surface area contributed by atoms with Gasteiger partial charge in [-0.3, -0.25) is 4.79 Å². The predicted molar refractivity (Wildman–Crippen MR) is 93.2 cm³/mol. The largest absolute Gasteiger partial charge is 0.481 e. The van der Waals surface area contributed by atoms with Crippen LogP contribution in [0, 0.1) is 0 Å². The number of aliphatic carboxylic acids is 1. The van der Waals surface area contributed by atoms with Gasteiger partial charge in [-0.25, -0.2) is 13.1 Å². The molecule has 2 rings (SSSR count). The normalized spacial score (nSPS) is 12.8. The zero-order chi connectivity index (χ0) is 17.9. The Morgan fingerprint density at radius 1 is 1.08 bits per heavy atom. The molecule has 2 aromatic carbocycles. The summed E-state index contributed by atoms with van der Waals surface area (Å²) in [4.78, 5) is 10.9. The Kier molecular flexibility index (Phi) is 6.11. The van der Waals surface area contributed by atoms with E-state index in [1.807, 2.05) is 0 Å². The van der Waals surface area contributed by atoms with Gasteiger partial charge < -0.3 is 5.11 Å². The van der Waals surface area contributed by atoms with Crippen LogP contribution in [0.15, 0.2) is 47.4 Å². The Labute approximate surface area is 154 Å². The van der Waals surface area contributed by atoms with E-state index >= 15 is 0 Å². The van der Waals surface area contributed by atoms with Gasteiger partial charge in [-0.15, -0.1) is 0 Å². The van der Waals surface area contributed by atoms with Crippen molar-refractivity contribution in [3.63, 3.8) is 0 Å². The number of halogens is 3. The average molecular weight is 409 g/mol. The van der Waals surface area contributed by atoms with Crippen molar-refractivity contribution in [2.45, 2.75) is 17.4 Å². The third kappa shape index (κ3) is 4.84. The lowest BCUT2D eigenvalue weighted by Crippen LogP contribution is -2.30. The maximum absolute atomic E-state index is 12.5. The second-order valence-electron chi connectivity index (χ2n) is 4.90. The lowest BCUT2D eigenvalue weighted by atomic mass is 10.1. The van der Waals surface area contributed by atoms with Crippen LogP contribution >= 0.6 is 34.8 Å². The van der Waals surface area contributed by atoms with Gasteiger partial charge >= 0.3 is 5.97 Å². The maximum Gasteiger partial charge on any atom is 0.305 e. The van der Waals surface area contributed by atoms with Crippen molar-refractivity contribution >= 4 is 50.8 Å². The zero-order valence-corrected chi connectivity index (χ0v) is 15.1. The Hall–Kier alpha value is -1.31. The van der Waals surface area contributed by atoms with E-state index in [-0.39, 0.29) is 20.0 Å². The summed E-state index contributed by atoms with van der Waals surface area (Å²) >= 11 is 17.7. The molecule has 0 amide bonds. The minimum atomic E-state index is -4.06. The molecule has 0 fully saturated rings. The van der Waals surface area contributed by atoms with E-state index in [2.05, 4.69) is 4.72 Å². The van der Waals surface area contributed by atoms with Crippen molar-refractivity contribution in [2.24, 2.45) is 0 Å². The van der Waals surface area contributed by atoms with Crippen LogP contribution in [0.25, 0.3) is 0 Å². The van der Waals surface area contributed by atoms with Crippen molar-refractivity contribution in [3.8, 4) is 0 Å². The van der Waals surface area contributed by atoms with Gasteiger partial charge in [0.1, 0.15) is 0 Å². The lowest BCUT2D eigenvalue weighted by molar-refractivity contribution is -0.137. The monoisotopic (exact) mass is 407 g/mol. The molecule has 0 spiro atoms. The number of nitrogens with one attached hydrogen (secondary N) is 1. The molecule has 5 nitrogen and oxygen atoms in total.